The van der Waals surface area contributed by atoms with Gasteiger partial charge in [0.15, 0.2) is 5.82 Å². The fraction of sp³-hybridized carbons (Fsp3) is 0. The molecule has 12 rings (SSSR count). The second kappa shape index (κ2) is 11.8. The molecule has 0 saturated carbocycles. The Labute approximate surface area is 321 Å². The molecule has 0 fully saturated rings. The van der Waals surface area contributed by atoms with Gasteiger partial charge >= 0.3 is 0 Å². The Morgan fingerprint density at radius 1 is 0.436 bits per heavy atom. The van der Waals surface area contributed by atoms with Crippen molar-refractivity contribution in [3.8, 4) is 45.1 Å². The third kappa shape index (κ3) is 4.54. The molecule has 4 nitrogen and oxygen atoms in total. The van der Waals surface area contributed by atoms with Crippen LogP contribution in [0.5, 0.6) is 0 Å². The molecule has 5 heteroatoms. The van der Waals surface area contributed by atoms with Crippen LogP contribution < -0.4 is 0 Å². The molecule has 0 bridgehead atoms. The lowest BCUT2D eigenvalue weighted by atomic mass is 9.98. The molecule has 0 aliphatic carbocycles. The minimum Gasteiger partial charge on any atom is -0.295 e. The van der Waals surface area contributed by atoms with Gasteiger partial charge in [0.1, 0.15) is 5.65 Å². The van der Waals surface area contributed by atoms with Crippen LogP contribution >= 0.6 is 11.8 Å². The number of para-hydroxylation sites is 3. The SMILES string of the molecule is c1ccc(-c2cccc(-c3nc(-c4ccc5c(c4)c4c6cccc7c6n(c4n5-c4ccccc4)-c4ccccc4S7)nc4c3ccc3ccccc34)c2)cc1. The van der Waals surface area contributed by atoms with Gasteiger partial charge in [-0.05, 0) is 77.2 Å². The molecule has 256 valence electrons. The molecular weight excluding hydrogens is 689 g/mol. The molecule has 0 radical (unpaired) electrons. The summed E-state index contributed by atoms with van der Waals surface area (Å²) >= 11 is 1.85. The van der Waals surface area contributed by atoms with Crippen LogP contribution in [-0.2, 0) is 0 Å². The molecule has 1 aliphatic heterocycles. The summed E-state index contributed by atoms with van der Waals surface area (Å²) in [6, 6.07) is 65.2. The first-order valence-corrected chi connectivity index (χ1v) is 19.4. The fourth-order valence-electron chi connectivity index (χ4n) is 8.65. The van der Waals surface area contributed by atoms with Crippen molar-refractivity contribution >= 4 is 66.3 Å². The number of fused-ring (bicyclic) bond motifs is 10. The number of nitrogens with zero attached hydrogens (tertiary/aromatic N) is 4. The molecule has 0 unspecified atom stereocenters. The summed E-state index contributed by atoms with van der Waals surface area (Å²) in [5, 5.41) is 6.97. The van der Waals surface area contributed by atoms with Crippen molar-refractivity contribution in [2.75, 3.05) is 0 Å². The summed E-state index contributed by atoms with van der Waals surface area (Å²) in [5.74, 6) is 0.709. The summed E-state index contributed by atoms with van der Waals surface area (Å²) in [4.78, 5) is 13.4. The molecule has 0 amide bonds. The van der Waals surface area contributed by atoms with Crippen LogP contribution in [0.3, 0.4) is 0 Å². The van der Waals surface area contributed by atoms with Gasteiger partial charge in [0.2, 0.25) is 0 Å². The molecule has 0 spiro atoms. The van der Waals surface area contributed by atoms with E-state index in [1.54, 1.807) is 0 Å². The standard InChI is InChI=1S/C50H30N4S/c1-3-13-31(14-4-1)33-16-11-17-34(29-33)46-39-27-25-32-15-7-8-20-37(32)47(39)52-49(51-46)35-26-28-41-40(30-35)45-38-21-12-24-44-48(38)54(42-22-9-10-23-43(42)55-44)50(45)53(41)36-18-5-2-6-19-36/h1-30H. The van der Waals surface area contributed by atoms with Gasteiger partial charge in [0, 0.05) is 53.5 Å². The minimum atomic E-state index is 0.709. The first kappa shape index (κ1) is 30.5. The normalized spacial score (nSPS) is 12.3. The number of hydrogen-bond donors (Lipinski definition) is 0. The fourth-order valence-corrected chi connectivity index (χ4v) is 9.74. The minimum absolute atomic E-state index is 0.709. The first-order valence-electron chi connectivity index (χ1n) is 18.6. The maximum atomic E-state index is 5.45. The zero-order valence-electron chi connectivity index (χ0n) is 29.5. The van der Waals surface area contributed by atoms with Crippen molar-refractivity contribution in [3.63, 3.8) is 0 Å². The van der Waals surface area contributed by atoms with Crippen molar-refractivity contribution in [2.45, 2.75) is 9.79 Å². The highest BCUT2D eigenvalue weighted by Gasteiger charge is 2.28. The monoisotopic (exact) mass is 718 g/mol. The van der Waals surface area contributed by atoms with E-state index in [-0.39, 0.29) is 0 Å². The van der Waals surface area contributed by atoms with Crippen LogP contribution in [0.25, 0.3) is 99.7 Å². The number of rotatable bonds is 4. The third-order valence-electron chi connectivity index (χ3n) is 11.1. The van der Waals surface area contributed by atoms with Crippen LogP contribution in [-0.4, -0.2) is 19.1 Å². The second-order valence-corrected chi connectivity index (χ2v) is 15.3. The van der Waals surface area contributed by atoms with Crippen molar-refractivity contribution < 1.29 is 0 Å². The maximum Gasteiger partial charge on any atom is 0.160 e. The topological polar surface area (TPSA) is 35.6 Å². The smallest absolute Gasteiger partial charge is 0.160 e. The summed E-state index contributed by atoms with van der Waals surface area (Å²) in [6.45, 7) is 0. The van der Waals surface area contributed by atoms with Crippen LogP contribution in [0.1, 0.15) is 0 Å². The Bertz CT molecular complexity index is 3340. The van der Waals surface area contributed by atoms with Gasteiger partial charge in [-0.2, -0.15) is 0 Å². The molecule has 0 saturated heterocycles. The Morgan fingerprint density at radius 2 is 1.16 bits per heavy atom. The van der Waals surface area contributed by atoms with Gasteiger partial charge in [0.05, 0.1) is 27.9 Å². The quantitative estimate of drug-likeness (QED) is 0.170. The summed E-state index contributed by atoms with van der Waals surface area (Å²) < 4.78 is 4.91. The molecule has 55 heavy (non-hydrogen) atoms. The van der Waals surface area contributed by atoms with Crippen LogP contribution in [0.2, 0.25) is 0 Å². The highest BCUT2D eigenvalue weighted by molar-refractivity contribution is 7.99. The van der Waals surface area contributed by atoms with Crippen LogP contribution in [0.15, 0.2) is 192 Å². The highest BCUT2D eigenvalue weighted by atomic mass is 32.2. The number of aromatic nitrogens is 4. The third-order valence-corrected chi connectivity index (χ3v) is 12.2. The van der Waals surface area contributed by atoms with Crippen molar-refractivity contribution in [3.05, 3.63) is 182 Å². The predicted molar refractivity (Wildman–Crippen MR) is 229 cm³/mol. The van der Waals surface area contributed by atoms with Gasteiger partial charge < -0.3 is 0 Å². The van der Waals surface area contributed by atoms with Gasteiger partial charge in [-0.15, -0.1) is 0 Å². The van der Waals surface area contributed by atoms with E-state index in [0.717, 1.165) is 60.9 Å². The first-order chi connectivity index (χ1) is 27.3. The Kier molecular flexibility index (Phi) is 6.53. The van der Waals surface area contributed by atoms with E-state index in [2.05, 4.69) is 191 Å². The lowest BCUT2D eigenvalue weighted by Gasteiger charge is -2.21. The van der Waals surface area contributed by atoms with Gasteiger partial charge in [-0.25, -0.2) is 9.97 Å². The lowest BCUT2D eigenvalue weighted by molar-refractivity contribution is 1.03. The van der Waals surface area contributed by atoms with E-state index in [1.807, 2.05) is 11.8 Å². The molecule has 4 heterocycles. The molecule has 1 aliphatic rings. The van der Waals surface area contributed by atoms with Crippen molar-refractivity contribution in [2.24, 2.45) is 0 Å². The largest absolute Gasteiger partial charge is 0.295 e. The van der Waals surface area contributed by atoms with Gasteiger partial charge in [0.25, 0.3) is 0 Å². The van der Waals surface area contributed by atoms with E-state index in [0.29, 0.717) is 5.82 Å². The van der Waals surface area contributed by atoms with Crippen LogP contribution in [0, 0.1) is 0 Å². The van der Waals surface area contributed by atoms with E-state index in [1.165, 1.54) is 42.7 Å². The van der Waals surface area contributed by atoms with E-state index in [4.69, 9.17) is 9.97 Å². The second-order valence-electron chi connectivity index (χ2n) is 14.2. The molecule has 0 atom stereocenters. The van der Waals surface area contributed by atoms with E-state index >= 15 is 0 Å². The number of benzene rings is 8. The predicted octanol–water partition coefficient (Wildman–Crippen LogP) is 13.3. The molecule has 0 N–H and O–H groups in total. The van der Waals surface area contributed by atoms with Gasteiger partial charge in [-0.1, -0.05) is 133 Å². The maximum absolute atomic E-state index is 5.45. The van der Waals surface area contributed by atoms with E-state index in [9.17, 15) is 0 Å². The summed E-state index contributed by atoms with van der Waals surface area (Å²) in [5.41, 5.74) is 12.2. The highest BCUT2D eigenvalue weighted by Crippen LogP contribution is 2.50. The van der Waals surface area contributed by atoms with Crippen LogP contribution in [0.4, 0.5) is 0 Å². The molecule has 8 aromatic carbocycles. The molecule has 3 aromatic heterocycles. The Hall–Kier alpha value is -6.95. The zero-order valence-corrected chi connectivity index (χ0v) is 30.3. The molecule has 11 aromatic rings. The van der Waals surface area contributed by atoms with Crippen molar-refractivity contribution in [1.82, 2.24) is 19.1 Å². The van der Waals surface area contributed by atoms with Gasteiger partial charge in [-0.3, -0.25) is 9.13 Å². The average Bonchev–Trinajstić information content (AvgIpc) is 3.77. The van der Waals surface area contributed by atoms with Crippen molar-refractivity contribution in [1.29, 1.82) is 0 Å². The molecular formula is C50H30N4S. The summed E-state index contributed by atoms with van der Waals surface area (Å²) in [7, 11) is 0. The zero-order chi connectivity index (χ0) is 36.0. The summed E-state index contributed by atoms with van der Waals surface area (Å²) in [6.07, 6.45) is 0. The van der Waals surface area contributed by atoms with E-state index < -0.39 is 0 Å². The lowest BCUT2D eigenvalue weighted by Crippen LogP contribution is -2.05. The Balaban J connectivity index is 1.17. The Morgan fingerprint density at radius 3 is 2.07 bits per heavy atom. The number of hydrogen-bond acceptors (Lipinski definition) is 3. The average molecular weight is 719 g/mol.